The summed E-state index contributed by atoms with van der Waals surface area (Å²) >= 11 is 0. The fraction of sp³-hybridized carbons (Fsp3) is 0.926. The van der Waals surface area contributed by atoms with Crippen LogP contribution in [0.5, 0.6) is 0 Å². The minimum absolute atomic E-state index is 0.0190. The van der Waals surface area contributed by atoms with E-state index in [0.717, 1.165) is 38.5 Å². The molecule has 3 saturated carbocycles. The van der Waals surface area contributed by atoms with Crippen LogP contribution in [0.1, 0.15) is 98.8 Å². The maximum atomic E-state index is 11.3. The van der Waals surface area contributed by atoms with E-state index in [1.807, 2.05) is 0 Å². The Morgan fingerprint density at radius 1 is 1.03 bits per heavy atom. The summed E-state index contributed by atoms with van der Waals surface area (Å²) in [5, 5.41) is 32.7. The second kappa shape index (κ2) is 7.89. The largest absolute Gasteiger partial charge is 0.393 e. The molecule has 0 aromatic rings. The molecule has 30 heavy (non-hydrogen) atoms. The van der Waals surface area contributed by atoms with Crippen molar-refractivity contribution in [3.63, 3.8) is 0 Å². The molecule has 3 fully saturated rings. The van der Waals surface area contributed by atoms with Gasteiger partial charge in [0.1, 0.15) is 0 Å². The van der Waals surface area contributed by atoms with Crippen molar-refractivity contribution in [1.29, 1.82) is 0 Å². The predicted octanol–water partition coefficient (Wildman–Crippen LogP) is 5.68. The third-order valence-electron chi connectivity index (χ3n) is 10.3. The van der Waals surface area contributed by atoms with Gasteiger partial charge < -0.3 is 15.3 Å². The van der Waals surface area contributed by atoms with Gasteiger partial charge in [-0.2, -0.15) is 0 Å². The molecule has 0 amide bonds. The number of aliphatic hydroxyl groups excluding tert-OH is 1. The standard InChI is InChI=1S/C27H46O3/c1-17(2)7-6-8-18(3)24-26(5)14-12-22-21(23(26)16-27(24,29)30)10-9-19-15-20(28)11-13-25(19,22)4/h9,17-18,20-24,28-30H,6-8,10-16H2,1-5H3/t18-,20+,21-,22+,23+,24+,25+,26+/m1/s1. The van der Waals surface area contributed by atoms with Gasteiger partial charge >= 0.3 is 0 Å². The molecule has 8 atom stereocenters. The van der Waals surface area contributed by atoms with E-state index in [1.165, 1.54) is 24.8 Å². The minimum atomic E-state index is -1.53. The normalized spacial score (nSPS) is 46.0. The van der Waals surface area contributed by atoms with Crippen LogP contribution in [0.3, 0.4) is 0 Å². The second-order valence-electron chi connectivity index (χ2n) is 12.6. The Kier molecular flexibility index (Phi) is 5.99. The lowest BCUT2D eigenvalue weighted by Crippen LogP contribution is -2.51. The van der Waals surface area contributed by atoms with Gasteiger partial charge in [0, 0.05) is 12.3 Å². The van der Waals surface area contributed by atoms with Crippen molar-refractivity contribution < 1.29 is 15.3 Å². The quantitative estimate of drug-likeness (QED) is 0.398. The molecule has 3 N–H and O–H groups in total. The monoisotopic (exact) mass is 418 g/mol. The number of hydrogen-bond donors (Lipinski definition) is 3. The zero-order chi connectivity index (χ0) is 21.9. The summed E-state index contributed by atoms with van der Waals surface area (Å²) in [6, 6.07) is 0. The zero-order valence-electron chi connectivity index (χ0n) is 20.0. The number of rotatable bonds is 5. The van der Waals surface area contributed by atoms with Crippen molar-refractivity contribution in [3.05, 3.63) is 11.6 Å². The molecule has 4 rings (SSSR count). The molecule has 3 nitrogen and oxygen atoms in total. The molecule has 4 aliphatic rings. The molecule has 0 spiro atoms. The van der Waals surface area contributed by atoms with Crippen LogP contribution in [0.25, 0.3) is 0 Å². The van der Waals surface area contributed by atoms with Crippen molar-refractivity contribution in [2.45, 2.75) is 111 Å². The molecule has 0 radical (unpaired) electrons. The highest BCUT2D eigenvalue weighted by atomic mass is 16.5. The molecule has 172 valence electrons. The van der Waals surface area contributed by atoms with Crippen molar-refractivity contribution in [2.24, 2.45) is 46.3 Å². The van der Waals surface area contributed by atoms with E-state index >= 15 is 0 Å². The van der Waals surface area contributed by atoms with Crippen LogP contribution in [0.2, 0.25) is 0 Å². The molecule has 0 heterocycles. The van der Waals surface area contributed by atoms with Gasteiger partial charge in [0.15, 0.2) is 5.79 Å². The minimum Gasteiger partial charge on any atom is -0.393 e. The molecule has 0 aliphatic heterocycles. The average molecular weight is 419 g/mol. The lowest BCUT2D eigenvalue weighted by Gasteiger charge is -2.58. The first-order valence-electron chi connectivity index (χ1n) is 12.8. The van der Waals surface area contributed by atoms with Crippen LogP contribution in [-0.2, 0) is 0 Å². The fourth-order valence-corrected chi connectivity index (χ4v) is 8.86. The number of fused-ring (bicyclic) bond motifs is 5. The zero-order valence-corrected chi connectivity index (χ0v) is 20.0. The topological polar surface area (TPSA) is 60.7 Å². The van der Waals surface area contributed by atoms with E-state index in [0.29, 0.717) is 36.0 Å². The first kappa shape index (κ1) is 22.8. The lowest BCUT2D eigenvalue weighted by atomic mass is 9.47. The van der Waals surface area contributed by atoms with Crippen LogP contribution < -0.4 is 0 Å². The van der Waals surface area contributed by atoms with E-state index in [-0.39, 0.29) is 22.9 Å². The van der Waals surface area contributed by atoms with Gasteiger partial charge in [-0.3, -0.25) is 0 Å². The number of hydrogen-bond acceptors (Lipinski definition) is 3. The highest BCUT2D eigenvalue weighted by molar-refractivity contribution is 5.26. The maximum absolute atomic E-state index is 11.3. The Labute approximate surface area is 184 Å². The Morgan fingerprint density at radius 2 is 1.77 bits per heavy atom. The molecule has 0 aromatic heterocycles. The summed E-state index contributed by atoms with van der Waals surface area (Å²) in [5.41, 5.74) is 1.72. The Balaban J connectivity index is 1.58. The van der Waals surface area contributed by atoms with Crippen molar-refractivity contribution in [3.8, 4) is 0 Å². The van der Waals surface area contributed by atoms with E-state index in [9.17, 15) is 15.3 Å². The summed E-state index contributed by atoms with van der Waals surface area (Å²) in [7, 11) is 0. The second-order valence-corrected chi connectivity index (χ2v) is 12.6. The first-order chi connectivity index (χ1) is 14.0. The molecule has 3 heteroatoms. The van der Waals surface area contributed by atoms with Gasteiger partial charge in [0.2, 0.25) is 0 Å². The van der Waals surface area contributed by atoms with E-state index in [1.54, 1.807) is 0 Å². The number of allylic oxidation sites excluding steroid dienone is 1. The highest BCUT2D eigenvalue weighted by Crippen LogP contribution is 2.68. The smallest absolute Gasteiger partial charge is 0.166 e. The van der Waals surface area contributed by atoms with Gasteiger partial charge in [-0.1, -0.05) is 65.5 Å². The summed E-state index contributed by atoms with van der Waals surface area (Å²) in [4.78, 5) is 0. The third kappa shape index (κ3) is 3.61. The number of aliphatic hydroxyl groups is 3. The molecule has 0 saturated heterocycles. The summed E-state index contributed by atoms with van der Waals surface area (Å²) in [6.45, 7) is 11.6. The fourth-order valence-electron chi connectivity index (χ4n) is 8.86. The Morgan fingerprint density at radius 3 is 2.47 bits per heavy atom. The molecule has 4 aliphatic carbocycles. The highest BCUT2D eigenvalue weighted by Gasteiger charge is 2.65. The molecule has 0 bridgehead atoms. The van der Waals surface area contributed by atoms with Crippen molar-refractivity contribution in [2.75, 3.05) is 0 Å². The SMILES string of the molecule is CC(C)CCC[C@@H](C)[C@@H]1C(O)(O)C[C@H]2[C@@H]3CC=C4C[C@@H](O)CC[C@]4(C)[C@H]3CC[C@]12C. The van der Waals surface area contributed by atoms with Gasteiger partial charge in [-0.15, -0.1) is 0 Å². The first-order valence-corrected chi connectivity index (χ1v) is 12.8. The van der Waals surface area contributed by atoms with Gasteiger partial charge in [0.25, 0.3) is 0 Å². The van der Waals surface area contributed by atoms with Crippen LogP contribution in [0.15, 0.2) is 11.6 Å². The van der Waals surface area contributed by atoms with Gasteiger partial charge in [-0.05, 0) is 78.9 Å². The van der Waals surface area contributed by atoms with Crippen molar-refractivity contribution >= 4 is 0 Å². The summed E-state index contributed by atoms with van der Waals surface area (Å²) in [6.07, 6.45) is 12.6. The van der Waals surface area contributed by atoms with Crippen LogP contribution in [0.4, 0.5) is 0 Å². The van der Waals surface area contributed by atoms with Crippen molar-refractivity contribution in [1.82, 2.24) is 0 Å². The summed E-state index contributed by atoms with van der Waals surface area (Å²) in [5.74, 6) is 1.10. The third-order valence-corrected chi connectivity index (χ3v) is 10.3. The van der Waals surface area contributed by atoms with Gasteiger partial charge in [-0.25, -0.2) is 0 Å². The maximum Gasteiger partial charge on any atom is 0.166 e. The Hall–Kier alpha value is -0.380. The van der Waals surface area contributed by atoms with Gasteiger partial charge in [0.05, 0.1) is 6.10 Å². The molecular formula is C27H46O3. The predicted molar refractivity (Wildman–Crippen MR) is 122 cm³/mol. The Bertz CT molecular complexity index is 667. The van der Waals surface area contributed by atoms with Crippen LogP contribution >= 0.6 is 0 Å². The lowest BCUT2D eigenvalue weighted by molar-refractivity contribution is -0.210. The van der Waals surface area contributed by atoms with Crippen LogP contribution in [-0.4, -0.2) is 27.2 Å². The molecule has 0 unspecified atom stereocenters. The summed E-state index contributed by atoms with van der Waals surface area (Å²) < 4.78 is 0. The van der Waals surface area contributed by atoms with E-state index in [2.05, 4.69) is 40.7 Å². The van der Waals surface area contributed by atoms with E-state index < -0.39 is 5.79 Å². The average Bonchev–Trinajstić information content (AvgIpc) is 2.87. The van der Waals surface area contributed by atoms with E-state index in [4.69, 9.17) is 0 Å². The van der Waals surface area contributed by atoms with Crippen LogP contribution in [0, 0.1) is 46.3 Å². The molecular weight excluding hydrogens is 372 g/mol. The molecule has 0 aromatic carbocycles.